The summed E-state index contributed by atoms with van der Waals surface area (Å²) in [5, 5.41) is 0. The molecule has 2 nitrogen and oxygen atoms in total. The molecule has 1 N–H and O–H groups in total. The minimum absolute atomic E-state index is 0. The van der Waals surface area contributed by atoms with Gasteiger partial charge in [-0.2, -0.15) is 0 Å². The van der Waals surface area contributed by atoms with Gasteiger partial charge in [0.1, 0.15) is 12.1 Å². The van der Waals surface area contributed by atoms with Crippen LogP contribution in [-0.2, 0) is 10.3 Å². The standard InChI is InChI=1S/C21H25NO.ClH/c1-15-14-18-16-8-4-6-10-19(16)21(15,23-13-12-22(2)3)20-11-7-5-9-17(18)20;/h4-11,15,18H,12-14H2,1-3H3;1H. The van der Waals surface area contributed by atoms with Crippen molar-refractivity contribution in [2.75, 3.05) is 27.2 Å². The molecule has 0 aromatic heterocycles. The van der Waals surface area contributed by atoms with E-state index in [0.29, 0.717) is 11.8 Å². The number of fused-ring (bicyclic) bond motifs is 1. The minimum atomic E-state index is -0.266. The van der Waals surface area contributed by atoms with Crippen LogP contribution in [0.1, 0.15) is 41.5 Å². The van der Waals surface area contributed by atoms with Crippen molar-refractivity contribution in [1.29, 1.82) is 0 Å². The van der Waals surface area contributed by atoms with Crippen LogP contribution in [0.2, 0.25) is 0 Å². The van der Waals surface area contributed by atoms with Gasteiger partial charge in [-0.15, -0.1) is 0 Å². The van der Waals surface area contributed by atoms with Gasteiger partial charge < -0.3 is 22.0 Å². The number of likely N-dealkylation sites (N-methyl/N-ethyl adjacent to an activating group) is 1. The predicted molar refractivity (Wildman–Crippen MR) is 92.9 cm³/mol. The lowest BCUT2D eigenvalue weighted by molar-refractivity contribution is -0.859. The molecule has 24 heavy (non-hydrogen) atoms. The van der Waals surface area contributed by atoms with Crippen LogP contribution >= 0.6 is 0 Å². The van der Waals surface area contributed by atoms with E-state index in [1.165, 1.54) is 33.6 Å². The SMILES string of the molecule is CC1CC2c3ccccc3C1(OCC[NH+](C)C)c1ccccc12.[Cl-]. The van der Waals surface area contributed by atoms with Gasteiger partial charge in [0, 0.05) is 5.92 Å². The number of rotatable bonds is 4. The Morgan fingerprint density at radius 2 is 1.54 bits per heavy atom. The molecule has 1 unspecified atom stereocenters. The average molecular weight is 344 g/mol. The highest BCUT2D eigenvalue weighted by atomic mass is 35.5. The molecule has 0 aliphatic heterocycles. The second-order valence-corrected chi connectivity index (χ2v) is 7.41. The molecule has 3 aliphatic carbocycles. The highest BCUT2D eigenvalue weighted by molar-refractivity contribution is 5.58. The zero-order chi connectivity index (χ0) is 16.0. The fourth-order valence-corrected chi connectivity index (χ4v) is 4.61. The molecule has 0 amide bonds. The van der Waals surface area contributed by atoms with Crippen LogP contribution in [0.5, 0.6) is 0 Å². The Labute approximate surface area is 151 Å². The summed E-state index contributed by atoms with van der Waals surface area (Å²) >= 11 is 0. The number of ether oxygens (including phenoxy) is 1. The lowest BCUT2D eigenvalue weighted by Crippen LogP contribution is -3.06. The highest BCUT2D eigenvalue weighted by Gasteiger charge is 2.53. The van der Waals surface area contributed by atoms with Gasteiger partial charge in [-0.3, -0.25) is 0 Å². The summed E-state index contributed by atoms with van der Waals surface area (Å²) in [7, 11) is 4.37. The van der Waals surface area contributed by atoms with Crippen LogP contribution in [0, 0.1) is 5.92 Å². The van der Waals surface area contributed by atoms with Crippen LogP contribution in [0.25, 0.3) is 0 Å². The number of hydrogen-bond donors (Lipinski definition) is 1. The number of nitrogens with one attached hydrogen (secondary N) is 1. The van der Waals surface area contributed by atoms with E-state index in [-0.39, 0.29) is 18.0 Å². The van der Waals surface area contributed by atoms with E-state index in [4.69, 9.17) is 4.74 Å². The Balaban J connectivity index is 0.00000169. The maximum atomic E-state index is 6.71. The summed E-state index contributed by atoms with van der Waals surface area (Å²) in [5.74, 6) is 1.04. The van der Waals surface area contributed by atoms with Crippen molar-refractivity contribution in [2.24, 2.45) is 5.92 Å². The predicted octanol–water partition coefficient (Wildman–Crippen LogP) is -0.420. The highest BCUT2D eigenvalue weighted by Crippen LogP contribution is 2.59. The molecule has 0 fully saturated rings. The number of halogens is 1. The third-order valence-electron chi connectivity index (χ3n) is 5.69. The first-order chi connectivity index (χ1) is 11.1. The first kappa shape index (κ1) is 17.5. The van der Waals surface area contributed by atoms with Gasteiger partial charge in [-0.25, -0.2) is 0 Å². The minimum Gasteiger partial charge on any atom is -1.00 e. The number of quaternary nitrogens is 1. The molecule has 128 valence electrons. The molecule has 2 aromatic carbocycles. The lowest BCUT2D eigenvalue weighted by Gasteiger charge is -2.52. The maximum absolute atomic E-state index is 6.71. The Morgan fingerprint density at radius 3 is 2.08 bits per heavy atom. The van der Waals surface area contributed by atoms with Crippen molar-refractivity contribution in [3.05, 3.63) is 70.8 Å². The second kappa shape index (κ2) is 6.51. The summed E-state index contributed by atoms with van der Waals surface area (Å²) < 4.78 is 6.71. The summed E-state index contributed by atoms with van der Waals surface area (Å²) in [5.41, 5.74) is 5.48. The number of hydrogen-bond acceptors (Lipinski definition) is 1. The molecule has 2 bridgehead atoms. The molecule has 0 heterocycles. The first-order valence-electron chi connectivity index (χ1n) is 8.76. The lowest BCUT2D eigenvalue weighted by atomic mass is 9.57. The van der Waals surface area contributed by atoms with E-state index in [1.807, 2.05) is 0 Å². The Morgan fingerprint density at radius 1 is 1.00 bits per heavy atom. The smallest absolute Gasteiger partial charge is 0.122 e. The van der Waals surface area contributed by atoms with Crippen molar-refractivity contribution in [3.63, 3.8) is 0 Å². The van der Waals surface area contributed by atoms with Crippen molar-refractivity contribution in [2.45, 2.75) is 24.9 Å². The quantitative estimate of drug-likeness (QED) is 0.796. The van der Waals surface area contributed by atoms with Crippen LogP contribution in [0.15, 0.2) is 48.5 Å². The van der Waals surface area contributed by atoms with E-state index < -0.39 is 0 Å². The van der Waals surface area contributed by atoms with Crippen LogP contribution in [-0.4, -0.2) is 27.2 Å². The van der Waals surface area contributed by atoms with E-state index in [9.17, 15) is 0 Å². The molecular weight excluding hydrogens is 318 g/mol. The molecule has 0 saturated heterocycles. The molecule has 2 aromatic rings. The van der Waals surface area contributed by atoms with Gasteiger partial charge in [-0.05, 0) is 34.6 Å². The summed E-state index contributed by atoms with van der Waals surface area (Å²) in [6.07, 6.45) is 1.18. The van der Waals surface area contributed by atoms with E-state index in [2.05, 4.69) is 69.6 Å². The molecule has 5 rings (SSSR count). The monoisotopic (exact) mass is 343 g/mol. The third-order valence-corrected chi connectivity index (χ3v) is 5.69. The molecular formula is C21H26ClNO. The summed E-state index contributed by atoms with van der Waals surface area (Å²) in [6, 6.07) is 17.9. The van der Waals surface area contributed by atoms with Crippen molar-refractivity contribution in [1.82, 2.24) is 0 Å². The zero-order valence-corrected chi connectivity index (χ0v) is 15.4. The average Bonchev–Trinajstić information content (AvgIpc) is 2.56. The molecule has 0 radical (unpaired) electrons. The van der Waals surface area contributed by atoms with Gasteiger partial charge >= 0.3 is 0 Å². The molecule has 3 heteroatoms. The van der Waals surface area contributed by atoms with Crippen LogP contribution < -0.4 is 17.3 Å². The van der Waals surface area contributed by atoms with Gasteiger partial charge in [0.15, 0.2) is 0 Å². The first-order valence-corrected chi connectivity index (χ1v) is 8.76. The van der Waals surface area contributed by atoms with Gasteiger partial charge in [-0.1, -0.05) is 55.5 Å². The Bertz CT molecular complexity index is 680. The van der Waals surface area contributed by atoms with Crippen molar-refractivity contribution in [3.8, 4) is 0 Å². The van der Waals surface area contributed by atoms with Crippen LogP contribution in [0.4, 0.5) is 0 Å². The topological polar surface area (TPSA) is 13.7 Å². The van der Waals surface area contributed by atoms with Gasteiger partial charge in [0.2, 0.25) is 0 Å². The van der Waals surface area contributed by atoms with E-state index in [1.54, 1.807) is 0 Å². The largest absolute Gasteiger partial charge is 1.00 e. The van der Waals surface area contributed by atoms with Crippen molar-refractivity contribution >= 4 is 0 Å². The molecule has 3 aliphatic rings. The van der Waals surface area contributed by atoms with Gasteiger partial charge in [0.05, 0.1) is 20.7 Å². The van der Waals surface area contributed by atoms with Crippen molar-refractivity contribution < 1.29 is 22.0 Å². The zero-order valence-electron chi connectivity index (χ0n) is 14.7. The van der Waals surface area contributed by atoms with Gasteiger partial charge in [0.25, 0.3) is 0 Å². The fourth-order valence-electron chi connectivity index (χ4n) is 4.61. The molecule has 0 spiro atoms. The van der Waals surface area contributed by atoms with Crippen LogP contribution in [0.3, 0.4) is 0 Å². The maximum Gasteiger partial charge on any atom is 0.122 e. The summed E-state index contributed by atoms with van der Waals surface area (Å²) in [4.78, 5) is 1.43. The third kappa shape index (κ3) is 2.40. The van der Waals surface area contributed by atoms with E-state index >= 15 is 0 Å². The molecule has 0 saturated carbocycles. The molecule has 1 atom stereocenters. The Hall–Kier alpha value is -1.35. The second-order valence-electron chi connectivity index (χ2n) is 7.41. The fraction of sp³-hybridized carbons (Fsp3) is 0.429. The van der Waals surface area contributed by atoms with E-state index in [0.717, 1.165) is 13.2 Å². The Kier molecular flexibility index (Phi) is 4.74. The summed E-state index contributed by atoms with van der Waals surface area (Å²) in [6.45, 7) is 4.18. The number of benzene rings is 2. The normalized spacial score (nSPS) is 26.7.